The molecule has 0 aliphatic heterocycles. The summed E-state index contributed by atoms with van der Waals surface area (Å²) in [5.41, 5.74) is -0.230. The van der Waals surface area contributed by atoms with Crippen LogP contribution in [0.3, 0.4) is 0 Å². The van der Waals surface area contributed by atoms with Crippen molar-refractivity contribution in [2.24, 2.45) is 0 Å². The highest BCUT2D eigenvalue weighted by molar-refractivity contribution is 5.56. The van der Waals surface area contributed by atoms with E-state index in [4.69, 9.17) is 4.74 Å². The maximum Gasteiger partial charge on any atom is 0.290 e. The van der Waals surface area contributed by atoms with Gasteiger partial charge in [0.1, 0.15) is 17.6 Å². The topological polar surface area (TPSA) is 101 Å². The normalized spacial score (nSPS) is 19.6. The van der Waals surface area contributed by atoms with Crippen LogP contribution < -0.4 is 10.1 Å². The summed E-state index contributed by atoms with van der Waals surface area (Å²) in [5.74, 6) is 1.15. The Morgan fingerprint density at radius 2 is 2.00 bits per heavy atom. The first-order valence-corrected chi connectivity index (χ1v) is 8.19. The zero-order valence-electron chi connectivity index (χ0n) is 13.6. The van der Waals surface area contributed by atoms with Crippen LogP contribution in [-0.2, 0) is 0 Å². The molecule has 1 aromatic heterocycles. The molecule has 0 atom stereocenters. The molecule has 0 bridgehead atoms. The summed E-state index contributed by atoms with van der Waals surface area (Å²) in [6.07, 6.45) is 5.17. The first kappa shape index (κ1) is 16.7. The standard InChI is InChI=1S/C18H18N4O3/c19-12-15-16(22(23)24)4-3-5-17(15)25-14-9-7-13(8-10-14)21-18-6-1-2-11-20-18/h1-6,11,13-14H,7-10H2,(H,20,21)/t13-,14-. The van der Waals surface area contributed by atoms with Gasteiger partial charge in [-0.1, -0.05) is 12.1 Å². The second-order valence-electron chi connectivity index (χ2n) is 5.97. The summed E-state index contributed by atoms with van der Waals surface area (Å²) in [5, 5.41) is 23.7. The monoisotopic (exact) mass is 338 g/mol. The molecule has 1 aliphatic rings. The molecular formula is C18H18N4O3. The van der Waals surface area contributed by atoms with Gasteiger partial charge < -0.3 is 10.1 Å². The summed E-state index contributed by atoms with van der Waals surface area (Å²) in [7, 11) is 0. The fourth-order valence-corrected chi connectivity index (χ4v) is 3.04. The van der Waals surface area contributed by atoms with Crippen molar-refractivity contribution in [1.29, 1.82) is 5.26 Å². The number of benzene rings is 1. The first-order valence-electron chi connectivity index (χ1n) is 8.19. The fraction of sp³-hybridized carbons (Fsp3) is 0.333. The van der Waals surface area contributed by atoms with Crippen LogP contribution in [0.4, 0.5) is 11.5 Å². The van der Waals surface area contributed by atoms with Gasteiger partial charge in [0.2, 0.25) is 0 Å². The molecule has 3 rings (SSSR count). The van der Waals surface area contributed by atoms with E-state index >= 15 is 0 Å². The fourth-order valence-electron chi connectivity index (χ4n) is 3.04. The van der Waals surface area contributed by atoms with Crippen molar-refractivity contribution in [1.82, 2.24) is 4.98 Å². The van der Waals surface area contributed by atoms with E-state index in [2.05, 4.69) is 10.3 Å². The molecule has 0 amide bonds. The van der Waals surface area contributed by atoms with Gasteiger partial charge in [-0.05, 0) is 43.9 Å². The number of aromatic nitrogens is 1. The lowest BCUT2D eigenvalue weighted by Crippen LogP contribution is -2.31. The van der Waals surface area contributed by atoms with Gasteiger partial charge in [-0.3, -0.25) is 10.1 Å². The number of hydrogen-bond donors (Lipinski definition) is 1. The number of nitro benzene ring substituents is 1. The third kappa shape index (κ3) is 4.04. The van der Waals surface area contributed by atoms with Gasteiger partial charge in [0.05, 0.1) is 11.0 Å². The average Bonchev–Trinajstić information content (AvgIpc) is 2.64. The van der Waals surface area contributed by atoms with E-state index in [0.717, 1.165) is 31.5 Å². The molecule has 1 fully saturated rings. The summed E-state index contributed by atoms with van der Waals surface area (Å²) < 4.78 is 5.90. The molecule has 7 nitrogen and oxygen atoms in total. The highest BCUT2D eigenvalue weighted by Crippen LogP contribution is 2.31. The van der Waals surface area contributed by atoms with Crippen LogP contribution in [0.25, 0.3) is 0 Å². The quantitative estimate of drug-likeness (QED) is 0.659. The van der Waals surface area contributed by atoms with Gasteiger partial charge in [0.25, 0.3) is 5.69 Å². The number of rotatable bonds is 5. The van der Waals surface area contributed by atoms with Crippen LogP contribution >= 0.6 is 0 Å². The number of nitrogens with zero attached hydrogens (tertiary/aromatic N) is 3. The minimum atomic E-state index is -0.556. The largest absolute Gasteiger partial charge is 0.489 e. The van der Waals surface area contributed by atoms with Crippen molar-refractivity contribution in [3.63, 3.8) is 0 Å². The summed E-state index contributed by atoms with van der Waals surface area (Å²) in [6, 6.07) is 12.4. The van der Waals surface area contributed by atoms with Gasteiger partial charge >= 0.3 is 0 Å². The van der Waals surface area contributed by atoms with Gasteiger partial charge in [0, 0.05) is 18.3 Å². The van der Waals surface area contributed by atoms with Crippen LogP contribution in [0.15, 0.2) is 42.6 Å². The highest BCUT2D eigenvalue weighted by atomic mass is 16.6. The Labute approximate surface area is 145 Å². The average molecular weight is 338 g/mol. The molecule has 1 heterocycles. The Morgan fingerprint density at radius 3 is 2.64 bits per heavy atom. The molecule has 1 aromatic carbocycles. The molecule has 128 valence electrons. The minimum absolute atomic E-state index is 0.0127. The van der Waals surface area contributed by atoms with Crippen LogP contribution in [-0.4, -0.2) is 22.1 Å². The molecular weight excluding hydrogens is 320 g/mol. The lowest BCUT2D eigenvalue weighted by Gasteiger charge is -2.30. The van der Waals surface area contributed by atoms with Crippen molar-refractivity contribution in [2.75, 3.05) is 5.32 Å². The van der Waals surface area contributed by atoms with Gasteiger partial charge in [-0.15, -0.1) is 0 Å². The Hall–Kier alpha value is -3.14. The zero-order valence-corrected chi connectivity index (χ0v) is 13.6. The number of anilines is 1. The van der Waals surface area contributed by atoms with E-state index in [1.165, 1.54) is 6.07 Å². The molecule has 0 saturated heterocycles. The van der Waals surface area contributed by atoms with Crippen LogP contribution in [0.5, 0.6) is 5.75 Å². The maximum atomic E-state index is 11.0. The van der Waals surface area contributed by atoms with Crippen LogP contribution in [0.1, 0.15) is 31.2 Å². The Kier molecular flexibility index (Phi) is 5.09. The molecule has 25 heavy (non-hydrogen) atoms. The van der Waals surface area contributed by atoms with Crippen molar-refractivity contribution >= 4 is 11.5 Å². The number of pyridine rings is 1. The lowest BCUT2D eigenvalue weighted by molar-refractivity contribution is -0.385. The molecule has 0 radical (unpaired) electrons. The predicted molar refractivity (Wildman–Crippen MR) is 92.3 cm³/mol. The first-order chi connectivity index (χ1) is 12.2. The van der Waals surface area contributed by atoms with Crippen molar-refractivity contribution in [3.8, 4) is 11.8 Å². The molecule has 1 N–H and O–H groups in total. The minimum Gasteiger partial charge on any atom is -0.489 e. The number of nitriles is 1. The predicted octanol–water partition coefficient (Wildman–Crippen LogP) is 3.66. The van der Waals surface area contributed by atoms with Gasteiger partial charge in [-0.2, -0.15) is 5.26 Å². The molecule has 2 aromatic rings. The van der Waals surface area contributed by atoms with Crippen molar-refractivity contribution < 1.29 is 9.66 Å². The smallest absolute Gasteiger partial charge is 0.290 e. The summed E-state index contributed by atoms with van der Waals surface area (Å²) in [6.45, 7) is 0. The van der Waals surface area contributed by atoms with Gasteiger partial charge in [0.15, 0.2) is 5.56 Å². The van der Waals surface area contributed by atoms with E-state index < -0.39 is 4.92 Å². The Morgan fingerprint density at radius 1 is 1.20 bits per heavy atom. The Balaban J connectivity index is 1.60. The van der Waals surface area contributed by atoms with Crippen LogP contribution in [0.2, 0.25) is 0 Å². The van der Waals surface area contributed by atoms with Crippen LogP contribution in [0, 0.1) is 21.4 Å². The van der Waals surface area contributed by atoms with E-state index in [1.807, 2.05) is 24.3 Å². The van der Waals surface area contributed by atoms with E-state index in [-0.39, 0.29) is 23.1 Å². The highest BCUT2D eigenvalue weighted by Gasteiger charge is 2.25. The number of nitro groups is 1. The van der Waals surface area contributed by atoms with Crippen molar-refractivity contribution in [3.05, 3.63) is 58.3 Å². The second-order valence-corrected chi connectivity index (χ2v) is 5.97. The summed E-state index contributed by atoms with van der Waals surface area (Å²) in [4.78, 5) is 14.7. The van der Waals surface area contributed by atoms with E-state index in [0.29, 0.717) is 6.04 Å². The van der Waals surface area contributed by atoms with Gasteiger partial charge in [-0.25, -0.2) is 4.98 Å². The molecule has 1 saturated carbocycles. The molecule has 0 spiro atoms. The lowest BCUT2D eigenvalue weighted by atomic mass is 9.93. The number of hydrogen-bond acceptors (Lipinski definition) is 6. The number of nitrogens with one attached hydrogen (secondary N) is 1. The molecule has 1 aliphatic carbocycles. The van der Waals surface area contributed by atoms with E-state index in [1.54, 1.807) is 18.3 Å². The Bertz CT molecular complexity index is 781. The zero-order chi connectivity index (χ0) is 17.6. The van der Waals surface area contributed by atoms with Crippen molar-refractivity contribution in [2.45, 2.75) is 37.8 Å². The summed E-state index contributed by atoms with van der Waals surface area (Å²) >= 11 is 0. The second kappa shape index (κ2) is 7.62. The van der Waals surface area contributed by atoms with E-state index in [9.17, 15) is 15.4 Å². The maximum absolute atomic E-state index is 11.0. The third-order valence-corrected chi connectivity index (χ3v) is 4.30. The SMILES string of the molecule is N#Cc1c(O[C@H]2CC[C@H](Nc3ccccn3)CC2)cccc1[N+](=O)[O-]. The third-order valence-electron chi connectivity index (χ3n) is 4.30. The number of ether oxygens (including phenoxy) is 1. The molecule has 0 unspecified atom stereocenters. The molecule has 7 heteroatoms.